The second-order valence-electron chi connectivity index (χ2n) is 5.02. The summed E-state index contributed by atoms with van der Waals surface area (Å²) in [6.07, 6.45) is 16.3. The summed E-state index contributed by atoms with van der Waals surface area (Å²) in [5.41, 5.74) is 10.5. The van der Waals surface area contributed by atoms with E-state index in [-0.39, 0.29) is 12.0 Å². The molecule has 0 radical (unpaired) electrons. The van der Waals surface area contributed by atoms with E-state index >= 15 is 0 Å². The standard InChI is InChI=1S/C19H19N3O/c1-3-4-5-6-14(11-20)9-15(12-21)18-13-22-19-8-7-16(23-2)10-17(18)19/h4-11,13,17,19,22H,1,20H2,2H3/b6-5-,14-11+,15-9+. The van der Waals surface area contributed by atoms with Crippen molar-refractivity contribution in [3.05, 3.63) is 89.7 Å². The van der Waals surface area contributed by atoms with Crippen LogP contribution >= 0.6 is 0 Å². The molecular weight excluding hydrogens is 286 g/mol. The van der Waals surface area contributed by atoms with Crippen molar-refractivity contribution in [1.29, 1.82) is 5.26 Å². The van der Waals surface area contributed by atoms with Crippen LogP contribution in [0, 0.1) is 17.2 Å². The van der Waals surface area contributed by atoms with Gasteiger partial charge in [0.25, 0.3) is 0 Å². The fraction of sp³-hybridized carbons (Fsp3) is 0.158. The molecule has 23 heavy (non-hydrogen) atoms. The van der Waals surface area contributed by atoms with Gasteiger partial charge in [-0.05, 0) is 35.5 Å². The van der Waals surface area contributed by atoms with Gasteiger partial charge in [0.2, 0.25) is 0 Å². The van der Waals surface area contributed by atoms with Crippen LogP contribution in [0.5, 0.6) is 0 Å². The van der Waals surface area contributed by atoms with Crippen molar-refractivity contribution in [2.45, 2.75) is 6.04 Å². The van der Waals surface area contributed by atoms with Gasteiger partial charge in [0.05, 0.1) is 24.8 Å². The lowest BCUT2D eigenvalue weighted by atomic mass is 9.86. The number of fused-ring (bicyclic) bond motifs is 1. The maximum absolute atomic E-state index is 9.54. The lowest BCUT2D eigenvalue weighted by Gasteiger charge is -2.21. The number of rotatable bonds is 5. The third-order valence-corrected chi connectivity index (χ3v) is 3.66. The van der Waals surface area contributed by atoms with Crippen LogP contribution < -0.4 is 11.1 Å². The molecule has 2 atom stereocenters. The van der Waals surface area contributed by atoms with Gasteiger partial charge in [-0.1, -0.05) is 24.8 Å². The second kappa shape index (κ2) is 7.74. The molecule has 0 amide bonds. The summed E-state index contributed by atoms with van der Waals surface area (Å²) < 4.78 is 5.29. The number of nitrogens with two attached hydrogens (primary N) is 1. The smallest absolute Gasteiger partial charge is 0.115 e. The minimum Gasteiger partial charge on any atom is -0.497 e. The Balaban J connectivity index is 2.29. The van der Waals surface area contributed by atoms with Crippen molar-refractivity contribution in [3.63, 3.8) is 0 Å². The largest absolute Gasteiger partial charge is 0.497 e. The minimum absolute atomic E-state index is 0.0666. The number of nitriles is 1. The quantitative estimate of drug-likeness (QED) is 0.465. The van der Waals surface area contributed by atoms with Crippen molar-refractivity contribution in [1.82, 2.24) is 5.32 Å². The predicted molar refractivity (Wildman–Crippen MR) is 91.5 cm³/mol. The summed E-state index contributed by atoms with van der Waals surface area (Å²) in [7, 11) is 1.64. The number of ether oxygens (including phenoxy) is 1. The molecule has 0 aromatic carbocycles. The van der Waals surface area contributed by atoms with Crippen molar-refractivity contribution < 1.29 is 4.74 Å². The zero-order valence-corrected chi connectivity index (χ0v) is 13.0. The van der Waals surface area contributed by atoms with E-state index in [1.807, 2.05) is 24.4 Å². The zero-order chi connectivity index (χ0) is 16.7. The van der Waals surface area contributed by atoms with Gasteiger partial charge in [0.1, 0.15) is 5.76 Å². The maximum atomic E-state index is 9.54. The number of hydrogen-bond donors (Lipinski definition) is 2. The van der Waals surface area contributed by atoms with Crippen LogP contribution in [-0.4, -0.2) is 13.2 Å². The highest BCUT2D eigenvalue weighted by Crippen LogP contribution is 2.33. The van der Waals surface area contributed by atoms with Crippen molar-refractivity contribution in [2.24, 2.45) is 11.7 Å². The number of allylic oxidation sites excluding steroid dienone is 7. The molecule has 0 fully saturated rings. The lowest BCUT2D eigenvalue weighted by Crippen LogP contribution is -2.26. The molecule has 2 rings (SSSR count). The number of hydrogen-bond acceptors (Lipinski definition) is 4. The summed E-state index contributed by atoms with van der Waals surface area (Å²) in [6.45, 7) is 3.49. The van der Waals surface area contributed by atoms with Crippen molar-refractivity contribution in [3.8, 4) is 6.07 Å². The Morgan fingerprint density at radius 3 is 3.00 bits per heavy atom. The highest BCUT2D eigenvalue weighted by molar-refractivity contribution is 5.54. The van der Waals surface area contributed by atoms with Gasteiger partial charge in [-0.25, -0.2) is 0 Å². The van der Waals surface area contributed by atoms with E-state index in [4.69, 9.17) is 10.5 Å². The molecule has 0 saturated carbocycles. The molecule has 3 N–H and O–H groups in total. The second-order valence-corrected chi connectivity index (χ2v) is 5.02. The molecule has 1 aliphatic heterocycles. The van der Waals surface area contributed by atoms with E-state index < -0.39 is 0 Å². The fourth-order valence-corrected chi connectivity index (χ4v) is 2.50. The van der Waals surface area contributed by atoms with Gasteiger partial charge in [0.15, 0.2) is 0 Å². The molecule has 4 heteroatoms. The molecule has 0 spiro atoms. The first-order valence-corrected chi connectivity index (χ1v) is 7.20. The Bertz CT molecular complexity index is 735. The molecule has 0 aromatic heterocycles. The van der Waals surface area contributed by atoms with E-state index in [1.54, 1.807) is 31.4 Å². The molecule has 1 aliphatic carbocycles. The molecule has 0 aromatic rings. The maximum Gasteiger partial charge on any atom is 0.115 e. The summed E-state index contributed by atoms with van der Waals surface area (Å²) in [5.74, 6) is 0.862. The van der Waals surface area contributed by atoms with E-state index in [2.05, 4.69) is 23.7 Å². The number of nitrogens with zero attached hydrogens (tertiary/aromatic N) is 1. The first kappa shape index (κ1) is 16.2. The third kappa shape index (κ3) is 3.74. The SMILES string of the molecule is C=C=C\C=C/C(/C=C(\C#N)C1=CNC2C=CC(OC)=CC12)=C\N. The predicted octanol–water partition coefficient (Wildman–Crippen LogP) is 2.75. The fourth-order valence-electron chi connectivity index (χ4n) is 2.50. The molecule has 2 unspecified atom stereocenters. The Morgan fingerprint density at radius 2 is 2.35 bits per heavy atom. The van der Waals surface area contributed by atoms with Crippen LogP contribution in [0.25, 0.3) is 0 Å². The van der Waals surface area contributed by atoms with Gasteiger partial charge in [0, 0.05) is 18.3 Å². The van der Waals surface area contributed by atoms with Crippen LogP contribution in [0.2, 0.25) is 0 Å². The third-order valence-electron chi connectivity index (χ3n) is 3.66. The van der Waals surface area contributed by atoms with Crippen molar-refractivity contribution >= 4 is 0 Å². The van der Waals surface area contributed by atoms with E-state index in [0.717, 1.165) is 16.9 Å². The minimum atomic E-state index is 0.0666. The van der Waals surface area contributed by atoms with E-state index in [9.17, 15) is 5.26 Å². The van der Waals surface area contributed by atoms with Crippen LogP contribution in [0.3, 0.4) is 0 Å². The monoisotopic (exact) mass is 305 g/mol. The van der Waals surface area contributed by atoms with Gasteiger partial charge < -0.3 is 15.8 Å². The molecule has 0 bridgehead atoms. The van der Waals surface area contributed by atoms with Gasteiger partial charge >= 0.3 is 0 Å². The van der Waals surface area contributed by atoms with Gasteiger partial charge in [-0.15, -0.1) is 5.73 Å². The summed E-state index contributed by atoms with van der Waals surface area (Å²) in [4.78, 5) is 0. The summed E-state index contributed by atoms with van der Waals surface area (Å²) in [6, 6.07) is 2.40. The molecule has 0 saturated heterocycles. The zero-order valence-electron chi connectivity index (χ0n) is 13.0. The summed E-state index contributed by atoms with van der Waals surface area (Å²) in [5, 5.41) is 12.8. The van der Waals surface area contributed by atoms with Gasteiger partial charge in [-0.2, -0.15) is 5.26 Å². The van der Waals surface area contributed by atoms with E-state index in [1.165, 1.54) is 6.20 Å². The van der Waals surface area contributed by atoms with Gasteiger partial charge in [-0.3, -0.25) is 0 Å². The Kier molecular flexibility index (Phi) is 5.46. The molecular formula is C19H19N3O. The molecule has 4 nitrogen and oxygen atoms in total. The lowest BCUT2D eigenvalue weighted by molar-refractivity contribution is 0.299. The Hall–Kier alpha value is -3.15. The Labute approximate surface area is 136 Å². The highest BCUT2D eigenvalue weighted by atomic mass is 16.5. The topological polar surface area (TPSA) is 71.1 Å². The molecule has 116 valence electrons. The average Bonchev–Trinajstić information content (AvgIpc) is 3.01. The van der Waals surface area contributed by atoms with Crippen LogP contribution in [0.15, 0.2) is 89.7 Å². The van der Waals surface area contributed by atoms with E-state index in [0.29, 0.717) is 5.57 Å². The normalized spacial score (nSPS) is 23.3. The number of methoxy groups -OCH3 is 1. The van der Waals surface area contributed by atoms with Crippen LogP contribution in [0.1, 0.15) is 0 Å². The molecule has 1 heterocycles. The van der Waals surface area contributed by atoms with Crippen molar-refractivity contribution in [2.75, 3.05) is 7.11 Å². The summed E-state index contributed by atoms with van der Waals surface area (Å²) >= 11 is 0. The first-order valence-electron chi connectivity index (χ1n) is 7.20. The molecule has 2 aliphatic rings. The average molecular weight is 305 g/mol. The van der Waals surface area contributed by atoms with Crippen LogP contribution in [-0.2, 0) is 4.74 Å². The highest BCUT2D eigenvalue weighted by Gasteiger charge is 2.30. The van der Waals surface area contributed by atoms with Crippen LogP contribution in [0.4, 0.5) is 0 Å². The first-order chi connectivity index (χ1) is 11.2. The Morgan fingerprint density at radius 1 is 1.52 bits per heavy atom. The number of nitrogens with one attached hydrogen (secondary N) is 1.